The lowest BCUT2D eigenvalue weighted by molar-refractivity contribution is -0.387. The minimum atomic E-state index is -2.68. The zero-order valence-corrected chi connectivity index (χ0v) is 16.0. The first-order chi connectivity index (χ1) is 13.8. The molecule has 148 valence electrons. The normalized spacial score (nSPS) is 24.0. The van der Waals surface area contributed by atoms with Crippen LogP contribution in [0.3, 0.4) is 0 Å². The van der Waals surface area contributed by atoms with Gasteiger partial charge in [0.2, 0.25) is 5.67 Å². The Morgan fingerprint density at radius 2 is 1.76 bits per heavy atom. The predicted octanol–water partition coefficient (Wildman–Crippen LogP) is 4.90. The molecule has 0 amide bonds. The smallest absolute Gasteiger partial charge is 0.338 e. The summed E-state index contributed by atoms with van der Waals surface area (Å²) in [6.07, 6.45) is -0.0873. The SMILES string of the molecule is Cc1ccc([C@@H]2[C@@H](c3ccccc3)CC(=O)[C@@]2(F)c2onc(C)c2[N+](=O)[O-])cc1. The van der Waals surface area contributed by atoms with Crippen molar-refractivity contribution >= 4 is 11.5 Å². The molecule has 0 spiro atoms. The number of carbonyl (C=O) groups excluding carboxylic acids is 1. The lowest BCUT2D eigenvalue weighted by Crippen LogP contribution is -2.32. The van der Waals surface area contributed by atoms with Gasteiger partial charge in [-0.05, 0) is 25.0 Å². The van der Waals surface area contributed by atoms with Crippen molar-refractivity contribution in [1.29, 1.82) is 0 Å². The zero-order valence-electron chi connectivity index (χ0n) is 16.0. The van der Waals surface area contributed by atoms with Crippen LogP contribution >= 0.6 is 0 Å². The van der Waals surface area contributed by atoms with E-state index in [1.54, 1.807) is 12.1 Å². The van der Waals surface area contributed by atoms with Crippen LogP contribution in [-0.4, -0.2) is 15.9 Å². The summed E-state index contributed by atoms with van der Waals surface area (Å²) in [5.74, 6) is -2.81. The summed E-state index contributed by atoms with van der Waals surface area (Å²) >= 11 is 0. The summed E-state index contributed by atoms with van der Waals surface area (Å²) in [6.45, 7) is 3.27. The summed E-state index contributed by atoms with van der Waals surface area (Å²) < 4.78 is 21.8. The fourth-order valence-electron chi connectivity index (χ4n) is 4.25. The Balaban J connectivity index is 1.95. The highest BCUT2D eigenvalue weighted by Crippen LogP contribution is 2.58. The fourth-order valence-corrected chi connectivity index (χ4v) is 4.25. The molecule has 1 fully saturated rings. The standard InChI is InChI=1S/C22H19FN2O4/c1-13-8-10-16(11-9-13)19-17(15-6-4-3-5-7-15)12-18(26)22(19,23)21-20(25(27)28)14(2)24-29-21/h3-11,17,19H,12H2,1-2H3/t17-,19-,22+/m1/s1. The summed E-state index contributed by atoms with van der Waals surface area (Å²) in [6, 6.07) is 16.4. The molecule has 1 saturated carbocycles. The number of nitro groups is 1. The molecular formula is C22H19FN2O4. The average molecular weight is 394 g/mol. The molecule has 7 heteroatoms. The van der Waals surface area contributed by atoms with E-state index < -0.39 is 39.7 Å². The van der Waals surface area contributed by atoms with Crippen LogP contribution in [0.25, 0.3) is 0 Å². The van der Waals surface area contributed by atoms with Gasteiger partial charge in [0, 0.05) is 18.3 Å². The number of hydrogen-bond acceptors (Lipinski definition) is 5. The first-order valence-corrected chi connectivity index (χ1v) is 9.29. The third-order valence-electron chi connectivity index (χ3n) is 5.65. The summed E-state index contributed by atoms with van der Waals surface area (Å²) in [4.78, 5) is 23.9. The summed E-state index contributed by atoms with van der Waals surface area (Å²) in [7, 11) is 0. The van der Waals surface area contributed by atoms with Crippen LogP contribution < -0.4 is 0 Å². The molecule has 0 N–H and O–H groups in total. The minimum Gasteiger partial charge on any atom is -0.349 e. The van der Waals surface area contributed by atoms with Gasteiger partial charge in [-0.1, -0.05) is 65.3 Å². The van der Waals surface area contributed by atoms with Crippen molar-refractivity contribution in [2.45, 2.75) is 37.8 Å². The third kappa shape index (κ3) is 2.93. The Labute approximate surface area is 166 Å². The molecule has 0 bridgehead atoms. The van der Waals surface area contributed by atoms with E-state index in [0.717, 1.165) is 11.1 Å². The lowest BCUT2D eigenvalue weighted by Gasteiger charge is -2.27. The minimum absolute atomic E-state index is 0.0550. The summed E-state index contributed by atoms with van der Waals surface area (Å²) in [5, 5.41) is 15.2. The number of benzene rings is 2. The quantitative estimate of drug-likeness (QED) is 0.464. The van der Waals surface area contributed by atoms with Gasteiger partial charge < -0.3 is 4.52 Å². The van der Waals surface area contributed by atoms with Crippen molar-refractivity contribution in [1.82, 2.24) is 5.16 Å². The van der Waals surface area contributed by atoms with Gasteiger partial charge in [-0.15, -0.1) is 0 Å². The molecule has 3 aromatic rings. The second-order valence-electron chi connectivity index (χ2n) is 7.45. The molecule has 0 saturated heterocycles. The van der Waals surface area contributed by atoms with Gasteiger partial charge in [0.05, 0.1) is 4.92 Å². The van der Waals surface area contributed by atoms with Gasteiger partial charge in [0.15, 0.2) is 11.5 Å². The van der Waals surface area contributed by atoms with Crippen molar-refractivity contribution in [2.24, 2.45) is 0 Å². The number of ketones is 1. The van der Waals surface area contributed by atoms with Crippen LogP contribution in [0.15, 0.2) is 59.1 Å². The topological polar surface area (TPSA) is 86.2 Å². The van der Waals surface area contributed by atoms with Crippen molar-refractivity contribution in [3.8, 4) is 0 Å². The molecule has 0 radical (unpaired) electrons. The maximum atomic E-state index is 16.7. The number of hydrogen-bond donors (Lipinski definition) is 0. The van der Waals surface area contributed by atoms with E-state index in [1.807, 2.05) is 49.4 Å². The molecule has 1 heterocycles. The second-order valence-corrected chi connectivity index (χ2v) is 7.45. The first kappa shape index (κ1) is 19.0. The molecule has 3 atom stereocenters. The maximum Gasteiger partial charge on any atom is 0.338 e. The third-order valence-corrected chi connectivity index (χ3v) is 5.65. The van der Waals surface area contributed by atoms with Gasteiger partial charge in [-0.3, -0.25) is 14.9 Å². The van der Waals surface area contributed by atoms with Gasteiger partial charge in [0.1, 0.15) is 0 Å². The van der Waals surface area contributed by atoms with Crippen LogP contribution in [0, 0.1) is 24.0 Å². The molecule has 0 aliphatic heterocycles. The van der Waals surface area contributed by atoms with Gasteiger partial charge in [-0.25, -0.2) is 4.39 Å². The lowest BCUT2D eigenvalue weighted by atomic mass is 9.77. The Hall–Kier alpha value is -3.35. The van der Waals surface area contributed by atoms with E-state index in [9.17, 15) is 14.9 Å². The fraction of sp³-hybridized carbons (Fsp3) is 0.273. The van der Waals surface area contributed by atoms with Crippen molar-refractivity contribution in [3.63, 3.8) is 0 Å². The van der Waals surface area contributed by atoms with E-state index in [2.05, 4.69) is 5.16 Å². The molecule has 2 aromatic carbocycles. The first-order valence-electron chi connectivity index (χ1n) is 9.29. The number of nitrogens with zero attached hydrogens (tertiary/aromatic N) is 2. The number of Topliss-reactive ketones (excluding diaryl/α,β-unsaturated/α-hetero) is 1. The molecule has 0 unspecified atom stereocenters. The second kappa shape index (κ2) is 6.92. The Morgan fingerprint density at radius 1 is 1.10 bits per heavy atom. The molecule has 1 aliphatic rings. The maximum absolute atomic E-state index is 16.7. The molecular weight excluding hydrogens is 375 g/mol. The Bertz CT molecular complexity index is 1080. The van der Waals surface area contributed by atoms with E-state index in [4.69, 9.17) is 4.52 Å². The molecule has 29 heavy (non-hydrogen) atoms. The van der Waals surface area contributed by atoms with E-state index in [-0.39, 0.29) is 12.1 Å². The van der Waals surface area contributed by atoms with Crippen molar-refractivity contribution in [2.75, 3.05) is 0 Å². The monoisotopic (exact) mass is 394 g/mol. The highest BCUT2D eigenvalue weighted by Gasteiger charge is 2.63. The van der Waals surface area contributed by atoms with Crippen molar-refractivity contribution in [3.05, 3.63) is 92.9 Å². The van der Waals surface area contributed by atoms with Gasteiger partial charge in [0.25, 0.3) is 5.76 Å². The zero-order chi connectivity index (χ0) is 20.8. The van der Waals surface area contributed by atoms with E-state index >= 15 is 4.39 Å². The molecule has 6 nitrogen and oxygen atoms in total. The number of rotatable bonds is 4. The van der Waals surface area contributed by atoms with Crippen LogP contribution in [0.1, 0.15) is 46.4 Å². The number of aryl methyl sites for hydroxylation is 2. The largest absolute Gasteiger partial charge is 0.349 e. The number of halogens is 1. The number of carbonyl (C=O) groups is 1. The van der Waals surface area contributed by atoms with Gasteiger partial charge in [-0.2, -0.15) is 0 Å². The van der Waals surface area contributed by atoms with Crippen LogP contribution in [0.2, 0.25) is 0 Å². The van der Waals surface area contributed by atoms with E-state index in [0.29, 0.717) is 5.56 Å². The number of aromatic nitrogens is 1. The molecule has 1 aliphatic carbocycles. The van der Waals surface area contributed by atoms with E-state index in [1.165, 1.54) is 6.92 Å². The van der Waals surface area contributed by atoms with Crippen molar-refractivity contribution < 1.29 is 18.6 Å². The molecule has 4 rings (SSSR count). The highest BCUT2D eigenvalue weighted by molar-refractivity contribution is 5.94. The van der Waals surface area contributed by atoms with Crippen LogP contribution in [0.4, 0.5) is 10.1 Å². The predicted molar refractivity (Wildman–Crippen MR) is 103 cm³/mol. The Morgan fingerprint density at radius 3 is 2.38 bits per heavy atom. The Kier molecular flexibility index (Phi) is 4.53. The molecule has 1 aromatic heterocycles. The highest BCUT2D eigenvalue weighted by atomic mass is 19.1. The number of alkyl halides is 1. The average Bonchev–Trinajstić information content (AvgIpc) is 3.22. The van der Waals surface area contributed by atoms with Crippen LogP contribution in [-0.2, 0) is 10.5 Å². The summed E-state index contributed by atoms with van der Waals surface area (Å²) in [5.41, 5.74) is -0.946. The van der Waals surface area contributed by atoms with Crippen LogP contribution in [0.5, 0.6) is 0 Å². The van der Waals surface area contributed by atoms with Gasteiger partial charge >= 0.3 is 5.69 Å².